The van der Waals surface area contributed by atoms with E-state index in [0.717, 1.165) is 29.0 Å². The summed E-state index contributed by atoms with van der Waals surface area (Å²) < 4.78 is 0.767. The maximum Gasteiger partial charge on any atom is 0.134 e. The monoisotopic (exact) mass is 255 g/mol. The Balaban J connectivity index is 1.90. The van der Waals surface area contributed by atoms with Gasteiger partial charge in [0.1, 0.15) is 5.75 Å². The van der Waals surface area contributed by atoms with Crippen LogP contribution in [0, 0.1) is 5.92 Å². The van der Waals surface area contributed by atoms with Crippen LogP contribution in [0.3, 0.4) is 0 Å². The van der Waals surface area contributed by atoms with Crippen LogP contribution in [-0.4, -0.2) is 11.7 Å². The van der Waals surface area contributed by atoms with Crippen LogP contribution in [0.1, 0.15) is 18.4 Å². The van der Waals surface area contributed by atoms with E-state index in [-0.39, 0.29) is 0 Å². The van der Waals surface area contributed by atoms with E-state index in [1.165, 1.54) is 12.8 Å². The van der Waals surface area contributed by atoms with E-state index in [4.69, 9.17) is 0 Å². The molecule has 2 rings (SSSR count). The van der Waals surface area contributed by atoms with E-state index >= 15 is 0 Å². The number of nitrogens with one attached hydrogen (secondary N) is 1. The van der Waals surface area contributed by atoms with Gasteiger partial charge in [0.15, 0.2) is 0 Å². The van der Waals surface area contributed by atoms with Gasteiger partial charge in [0.05, 0.1) is 4.47 Å². The highest BCUT2D eigenvalue weighted by Gasteiger charge is 2.20. The Bertz CT molecular complexity index is 323. The van der Waals surface area contributed by atoms with Crippen molar-refractivity contribution in [2.75, 3.05) is 6.54 Å². The van der Waals surface area contributed by atoms with Crippen molar-refractivity contribution in [3.63, 3.8) is 0 Å². The Hall–Kier alpha value is -0.540. The highest BCUT2D eigenvalue weighted by atomic mass is 79.9. The van der Waals surface area contributed by atoms with Crippen molar-refractivity contribution in [3.05, 3.63) is 28.2 Å². The van der Waals surface area contributed by atoms with Crippen LogP contribution in [0.25, 0.3) is 0 Å². The number of para-hydroxylation sites is 1. The smallest absolute Gasteiger partial charge is 0.134 e. The van der Waals surface area contributed by atoms with E-state index < -0.39 is 0 Å². The molecule has 2 nitrogen and oxygen atoms in total. The highest BCUT2D eigenvalue weighted by molar-refractivity contribution is 9.10. The zero-order valence-corrected chi connectivity index (χ0v) is 9.55. The summed E-state index contributed by atoms with van der Waals surface area (Å²) >= 11 is 3.30. The summed E-state index contributed by atoms with van der Waals surface area (Å²) in [6, 6.07) is 5.73. The molecule has 1 aromatic rings. The van der Waals surface area contributed by atoms with Crippen molar-refractivity contribution in [1.29, 1.82) is 0 Å². The van der Waals surface area contributed by atoms with Gasteiger partial charge in [0, 0.05) is 12.1 Å². The van der Waals surface area contributed by atoms with Crippen molar-refractivity contribution >= 4 is 15.9 Å². The first-order valence-corrected chi connectivity index (χ1v) is 5.74. The molecule has 1 saturated carbocycles. The van der Waals surface area contributed by atoms with E-state index in [1.54, 1.807) is 0 Å². The molecule has 0 spiro atoms. The van der Waals surface area contributed by atoms with Crippen molar-refractivity contribution in [2.24, 2.45) is 5.92 Å². The van der Waals surface area contributed by atoms with E-state index in [9.17, 15) is 5.11 Å². The fraction of sp³-hybridized carbons (Fsp3) is 0.455. The fourth-order valence-electron chi connectivity index (χ4n) is 1.44. The first kappa shape index (κ1) is 9.99. The fourth-order valence-corrected chi connectivity index (χ4v) is 1.84. The van der Waals surface area contributed by atoms with Crippen LogP contribution in [0.2, 0.25) is 0 Å². The Morgan fingerprint density at radius 1 is 1.43 bits per heavy atom. The first-order valence-electron chi connectivity index (χ1n) is 4.94. The average Bonchev–Trinajstić information content (AvgIpc) is 2.96. The normalized spacial score (nSPS) is 15.8. The summed E-state index contributed by atoms with van der Waals surface area (Å²) in [4.78, 5) is 0. The van der Waals surface area contributed by atoms with Crippen LogP contribution in [0.15, 0.2) is 22.7 Å². The molecule has 0 aliphatic heterocycles. The molecule has 0 saturated heterocycles. The summed E-state index contributed by atoms with van der Waals surface area (Å²) in [5, 5.41) is 13.0. The van der Waals surface area contributed by atoms with Gasteiger partial charge in [0.25, 0.3) is 0 Å². The second kappa shape index (κ2) is 4.32. The molecule has 1 aromatic carbocycles. The standard InChI is InChI=1S/C11H14BrNO/c12-10-3-1-2-9(11(10)14)7-13-6-8-4-5-8/h1-3,8,13-14H,4-7H2. The molecule has 14 heavy (non-hydrogen) atoms. The van der Waals surface area contributed by atoms with Gasteiger partial charge in [-0.3, -0.25) is 0 Å². The summed E-state index contributed by atoms with van der Waals surface area (Å²) in [6.07, 6.45) is 2.72. The number of hydrogen-bond donors (Lipinski definition) is 2. The molecule has 0 unspecified atom stereocenters. The second-order valence-electron chi connectivity index (χ2n) is 3.82. The molecule has 76 valence electrons. The lowest BCUT2D eigenvalue weighted by molar-refractivity contribution is 0.460. The van der Waals surface area contributed by atoms with Crippen LogP contribution >= 0.6 is 15.9 Å². The Morgan fingerprint density at radius 2 is 2.21 bits per heavy atom. The van der Waals surface area contributed by atoms with Gasteiger partial charge in [-0.2, -0.15) is 0 Å². The lowest BCUT2D eigenvalue weighted by Gasteiger charge is -2.07. The number of hydrogen-bond acceptors (Lipinski definition) is 2. The Morgan fingerprint density at radius 3 is 2.93 bits per heavy atom. The zero-order valence-electron chi connectivity index (χ0n) is 7.96. The molecular weight excluding hydrogens is 242 g/mol. The number of phenols is 1. The third-order valence-corrected chi connectivity index (χ3v) is 3.16. The minimum Gasteiger partial charge on any atom is -0.506 e. The SMILES string of the molecule is Oc1c(Br)cccc1CNCC1CC1. The molecule has 0 aromatic heterocycles. The number of phenolic OH excluding ortho intramolecular Hbond substituents is 1. The molecular formula is C11H14BrNO. The number of rotatable bonds is 4. The largest absolute Gasteiger partial charge is 0.506 e. The topological polar surface area (TPSA) is 32.3 Å². The van der Waals surface area contributed by atoms with Gasteiger partial charge in [-0.1, -0.05) is 12.1 Å². The maximum absolute atomic E-state index is 9.69. The van der Waals surface area contributed by atoms with Crippen LogP contribution in [0.4, 0.5) is 0 Å². The van der Waals surface area contributed by atoms with Crippen LogP contribution in [0.5, 0.6) is 5.75 Å². The van der Waals surface area contributed by atoms with Gasteiger partial charge in [-0.15, -0.1) is 0 Å². The third-order valence-electron chi connectivity index (χ3n) is 2.52. The van der Waals surface area contributed by atoms with Crippen molar-refractivity contribution in [1.82, 2.24) is 5.32 Å². The van der Waals surface area contributed by atoms with Crippen molar-refractivity contribution < 1.29 is 5.11 Å². The quantitative estimate of drug-likeness (QED) is 0.868. The summed E-state index contributed by atoms with van der Waals surface area (Å²) in [6.45, 7) is 1.83. The molecule has 1 aliphatic carbocycles. The number of halogens is 1. The number of aromatic hydroxyl groups is 1. The van der Waals surface area contributed by atoms with E-state index in [2.05, 4.69) is 21.2 Å². The lowest BCUT2D eigenvalue weighted by atomic mass is 10.2. The van der Waals surface area contributed by atoms with Gasteiger partial charge in [0.2, 0.25) is 0 Å². The molecule has 0 bridgehead atoms. The maximum atomic E-state index is 9.69. The second-order valence-corrected chi connectivity index (χ2v) is 4.68. The Kier molecular flexibility index (Phi) is 3.08. The predicted molar refractivity (Wildman–Crippen MR) is 60.2 cm³/mol. The highest BCUT2D eigenvalue weighted by Crippen LogP contribution is 2.29. The molecule has 0 radical (unpaired) electrons. The van der Waals surface area contributed by atoms with E-state index in [1.807, 2.05) is 18.2 Å². The summed E-state index contributed by atoms with van der Waals surface area (Å²) in [7, 11) is 0. The first-order chi connectivity index (χ1) is 6.77. The molecule has 3 heteroatoms. The number of benzene rings is 1. The van der Waals surface area contributed by atoms with Gasteiger partial charge >= 0.3 is 0 Å². The van der Waals surface area contributed by atoms with Gasteiger partial charge in [-0.05, 0) is 47.3 Å². The minimum atomic E-state index is 0.357. The molecule has 0 amide bonds. The third kappa shape index (κ3) is 2.49. The summed E-state index contributed by atoms with van der Waals surface area (Å²) in [5.41, 5.74) is 0.958. The van der Waals surface area contributed by atoms with Crippen molar-refractivity contribution in [2.45, 2.75) is 19.4 Å². The lowest BCUT2D eigenvalue weighted by Crippen LogP contribution is -2.16. The molecule has 1 fully saturated rings. The summed E-state index contributed by atoms with van der Waals surface area (Å²) in [5.74, 6) is 1.24. The van der Waals surface area contributed by atoms with Crippen LogP contribution < -0.4 is 5.32 Å². The van der Waals surface area contributed by atoms with E-state index in [0.29, 0.717) is 5.75 Å². The minimum absolute atomic E-state index is 0.357. The molecule has 0 atom stereocenters. The van der Waals surface area contributed by atoms with Crippen molar-refractivity contribution in [3.8, 4) is 5.75 Å². The zero-order chi connectivity index (χ0) is 9.97. The molecule has 2 N–H and O–H groups in total. The molecule has 0 heterocycles. The Labute approximate surface area is 92.5 Å². The van der Waals surface area contributed by atoms with Crippen LogP contribution in [-0.2, 0) is 6.54 Å². The van der Waals surface area contributed by atoms with Gasteiger partial charge in [-0.25, -0.2) is 0 Å². The average molecular weight is 256 g/mol. The predicted octanol–water partition coefficient (Wildman–Crippen LogP) is 2.65. The molecule has 1 aliphatic rings. The van der Waals surface area contributed by atoms with Gasteiger partial charge < -0.3 is 10.4 Å².